The average molecular weight is 477 g/mol. The number of benzene rings is 2. The number of amides is 1. The normalized spacial score (nSPS) is 22.2. The number of hydrogen-bond donors (Lipinski definition) is 3. The quantitative estimate of drug-likeness (QED) is 0.502. The summed E-state index contributed by atoms with van der Waals surface area (Å²) in [5.74, 6) is 0.763. The molecule has 2 heterocycles. The number of carbonyl (C=O) groups excluding carboxylic acids is 1. The maximum atomic E-state index is 12.7. The van der Waals surface area contributed by atoms with E-state index in [4.69, 9.17) is 14.2 Å². The van der Waals surface area contributed by atoms with Crippen molar-refractivity contribution in [3.8, 4) is 11.5 Å². The fourth-order valence-electron chi connectivity index (χ4n) is 4.02. The van der Waals surface area contributed by atoms with Crippen LogP contribution >= 0.6 is 0 Å². The average Bonchev–Trinajstić information content (AvgIpc) is 3.28. The SMILES string of the molecule is O=C(N[C@@H]1CC[C@@H](CCNS(=O)(=O)Cc2ccccc2)O[C@H]1CO)c1ccc2c(c1)OCO2. The van der Waals surface area contributed by atoms with E-state index >= 15 is 0 Å². The summed E-state index contributed by atoms with van der Waals surface area (Å²) in [5.41, 5.74) is 1.16. The van der Waals surface area contributed by atoms with Gasteiger partial charge in [0.15, 0.2) is 11.5 Å². The molecule has 2 aromatic rings. The van der Waals surface area contributed by atoms with Crippen LogP contribution in [0, 0.1) is 0 Å². The van der Waals surface area contributed by atoms with E-state index < -0.39 is 16.1 Å². The molecule has 0 spiro atoms. The van der Waals surface area contributed by atoms with Crippen molar-refractivity contribution in [1.29, 1.82) is 0 Å². The summed E-state index contributed by atoms with van der Waals surface area (Å²) < 4.78 is 43.7. The lowest BCUT2D eigenvalue weighted by Crippen LogP contribution is -2.51. The smallest absolute Gasteiger partial charge is 0.251 e. The Hall–Kier alpha value is -2.66. The zero-order valence-electron chi connectivity index (χ0n) is 18.1. The summed E-state index contributed by atoms with van der Waals surface area (Å²) >= 11 is 0. The van der Waals surface area contributed by atoms with E-state index in [1.54, 1.807) is 42.5 Å². The van der Waals surface area contributed by atoms with Crippen LogP contribution in [0.2, 0.25) is 0 Å². The standard InChI is InChI=1S/C23H28N2O7S/c26-13-22-19(25-23(27)17-6-9-20-21(12-17)31-15-30-20)8-7-18(32-22)10-11-24-33(28,29)14-16-4-2-1-3-5-16/h1-6,9,12,18-19,22,24,26H,7-8,10-11,13-15H2,(H,25,27)/t18-,19+,22-/m0/s1. The first-order valence-corrected chi connectivity index (χ1v) is 12.6. The molecule has 3 atom stereocenters. The number of aliphatic hydroxyl groups excluding tert-OH is 1. The van der Waals surface area contributed by atoms with Gasteiger partial charge in [-0.25, -0.2) is 13.1 Å². The third-order valence-electron chi connectivity index (χ3n) is 5.73. The van der Waals surface area contributed by atoms with Crippen LogP contribution in [0.25, 0.3) is 0 Å². The molecule has 10 heteroatoms. The number of aliphatic hydroxyl groups is 1. The van der Waals surface area contributed by atoms with Crippen molar-refractivity contribution in [1.82, 2.24) is 10.0 Å². The van der Waals surface area contributed by atoms with Crippen LogP contribution < -0.4 is 19.5 Å². The monoisotopic (exact) mass is 476 g/mol. The number of hydrogen-bond acceptors (Lipinski definition) is 7. The van der Waals surface area contributed by atoms with Gasteiger partial charge in [0.05, 0.1) is 24.5 Å². The first-order valence-electron chi connectivity index (χ1n) is 10.9. The van der Waals surface area contributed by atoms with Crippen molar-refractivity contribution in [2.75, 3.05) is 19.9 Å². The van der Waals surface area contributed by atoms with Gasteiger partial charge in [0.1, 0.15) is 6.10 Å². The number of carbonyl (C=O) groups is 1. The molecule has 2 aliphatic rings. The molecule has 9 nitrogen and oxygen atoms in total. The minimum atomic E-state index is -3.45. The highest BCUT2D eigenvalue weighted by Gasteiger charge is 2.32. The second-order valence-electron chi connectivity index (χ2n) is 8.13. The summed E-state index contributed by atoms with van der Waals surface area (Å²) in [5, 5.41) is 12.7. The molecule has 1 saturated heterocycles. The highest BCUT2D eigenvalue weighted by molar-refractivity contribution is 7.88. The maximum absolute atomic E-state index is 12.7. The van der Waals surface area contributed by atoms with E-state index in [0.717, 1.165) is 5.56 Å². The van der Waals surface area contributed by atoms with Gasteiger partial charge in [-0.1, -0.05) is 30.3 Å². The molecule has 33 heavy (non-hydrogen) atoms. The van der Waals surface area contributed by atoms with Gasteiger partial charge in [0.2, 0.25) is 16.8 Å². The molecule has 1 amide bonds. The van der Waals surface area contributed by atoms with Crippen LogP contribution in [0.3, 0.4) is 0 Å². The Labute approximate surface area is 193 Å². The Morgan fingerprint density at radius 3 is 2.64 bits per heavy atom. The second kappa shape index (κ2) is 10.5. The third kappa shape index (κ3) is 6.23. The summed E-state index contributed by atoms with van der Waals surface area (Å²) in [6.07, 6.45) is 0.960. The molecule has 3 N–H and O–H groups in total. The zero-order chi connectivity index (χ0) is 23.3. The second-order valence-corrected chi connectivity index (χ2v) is 9.94. The molecule has 1 fully saturated rings. The van der Waals surface area contributed by atoms with Gasteiger partial charge >= 0.3 is 0 Å². The third-order valence-corrected chi connectivity index (χ3v) is 7.09. The fraction of sp³-hybridized carbons (Fsp3) is 0.435. The van der Waals surface area contributed by atoms with Crippen LogP contribution in [-0.4, -0.2) is 57.6 Å². The number of fused-ring (bicyclic) bond motifs is 1. The molecular formula is C23H28N2O7S. The first-order chi connectivity index (χ1) is 15.9. The lowest BCUT2D eigenvalue weighted by molar-refractivity contribution is -0.0891. The largest absolute Gasteiger partial charge is 0.454 e. The van der Waals surface area contributed by atoms with Crippen molar-refractivity contribution in [2.45, 2.75) is 43.3 Å². The van der Waals surface area contributed by atoms with Crippen molar-refractivity contribution in [3.05, 3.63) is 59.7 Å². The van der Waals surface area contributed by atoms with Gasteiger partial charge in [-0.05, 0) is 43.0 Å². The number of ether oxygens (including phenoxy) is 3. The minimum absolute atomic E-state index is 0.0768. The summed E-state index contributed by atoms with van der Waals surface area (Å²) in [6.45, 7) is 0.127. The molecular weight excluding hydrogens is 448 g/mol. The Bertz CT molecular complexity index is 1060. The van der Waals surface area contributed by atoms with Crippen LogP contribution in [0.5, 0.6) is 11.5 Å². The van der Waals surface area contributed by atoms with E-state index in [1.165, 1.54) is 0 Å². The lowest BCUT2D eigenvalue weighted by atomic mass is 9.96. The number of rotatable bonds is 9. The number of nitrogens with one attached hydrogen (secondary N) is 2. The van der Waals surface area contributed by atoms with E-state index in [9.17, 15) is 18.3 Å². The maximum Gasteiger partial charge on any atom is 0.251 e. The van der Waals surface area contributed by atoms with Gasteiger partial charge in [-0.15, -0.1) is 0 Å². The Balaban J connectivity index is 1.25. The Kier molecular flexibility index (Phi) is 7.49. The van der Waals surface area contributed by atoms with Crippen LogP contribution in [0.15, 0.2) is 48.5 Å². The first kappa shape index (κ1) is 23.5. The van der Waals surface area contributed by atoms with Crippen molar-refractivity contribution in [3.63, 3.8) is 0 Å². The van der Waals surface area contributed by atoms with Crippen LogP contribution in [0.4, 0.5) is 0 Å². The lowest BCUT2D eigenvalue weighted by Gasteiger charge is -2.36. The van der Waals surface area contributed by atoms with Crippen LogP contribution in [0.1, 0.15) is 35.2 Å². The predicted octanol–water partition coefficient (Wildman–Crippen LogP) is 1.56. The molecule has 0 radical (unpaired) electrons. The fourth-order valence-corrected chi connectivity index (χ4v) is 5.18. The highest BCUT2D eigenvalue weighted by Crippen LogP contribution is 2.32. The molecule has 4 rings (SSSR count). The van der Waals surface area contributed by atoms with Crippen molar-refractivity contribution >= 4 is 15.9 Å². The number of sulfonamides is 1. The van der Waals surface area contributed by atoms with Gasteiger partial charge in [-0.2, -0.15) is 0 Å². The highest BCUT2D eigenvalue weighted by atomic mass is 32.2. The Morgan fingerprint density at radius 1 is 1.06 bits per heavy atom. The predicted molar refractivity (Wildman–Crippen MR) is 120 cm³/mol. The summed E-state index contributed by atoms with van der Waals surface area (Å²) in [4.78, 5) is 12.7. The summed E-state index contributed by atoms with van der Waals surface area (Å²) in [7, 11) is -3.45. The van der Waals surface area contributed by atoms with Crippen molar-refractivity contribution < 1.29 is 32.5 Å². The van der Waals surface area contributed by atoms with Crippen LogP contribution in [-0.2, 0) is 20.5 Å². The van der Waals surface area contributed by atoms with Crippen molar-refractivity contribution in [2.24, 2.45) is 0 Å². The zero-order valence-corrected chi connectivity index (χ0v) is 18.9. The molecule has 2 aromatic carbocycles. The molecule has 2 aliphatic heterocycles. The van der Waals surface area contributed by atoms with Gasteiger partial charge < -0.3 is 24.6 Å². The van der Waals surface area contributed by atoms with Gasteiger partial charge in [0, 0.05) is 12.1 Å². The van der Waals surface area contributed by atoms with E-state index in [1.807, 2.05) is 6.07 Å². The van der Waals surface area contributed by atoms with Gasteiger partial charge in [-0.3, -0.25) is 4.79 Å². The topological polar surface area (TPSA) is 123 Å². The molecule has 0 bridgehead atoms. The van der Waals surface area contributed by atoms with Gasteiger partial charge in [0.25, 0.3) is 5.91 Å². The van der Waals surface area contributed by atoms with E-state index in [2.05, 4.69) is 10.0 Å². The Morgan fingerprint density at radius 2 is 1.85 bits per heavy atom. The minimum Gasteiger partial charge on any atom is -0.454 e. The molecule has 0 saturated carbocycles. The summed E-state index contributed by atoms with van der Waals surface area (Å²) in [6, 6.07) is 13.6. The molecule has 0 aromatic heterocycles. The van der Waals surface area contributed by atoms with E-state index in [-0.39, 0.29) is 43.8 Å². The van der Waals surface area contributed by atoms with E-state index in [0.29, 0.717) is 36.3 Å². The molecule has 0 aliphatic carbocycles. The molecule has 0 unspecified atom stereocenters. The molecule has 178 valence electrons.